The fourth-order valence-corrected chi connectivity index (χ4v) is 4.61. The fraction of sp³-hybridized carbons (Fsp3) is 0.435. The summed E-state index contributed by atoms with van der Waals surface area (Å²) in [6, 6.07) is 4.61. The van der Waals surface area contributed by atoms with E-state index in [1.807, 2.05) is 0 Å². The van der Waals surface area contributed by atoms with Gasteiger partial charge in [-0.05, 0) is 38.0 Å². The van der Waals surface area contributed by atoms with Crippen molar-refractivity contribution in [3.63, 3.8) is 0 Å². The van der Waals surface area contributed by atoms with E-state index in [1.165, 1.54) is 38.1 Å². The summed E-state index contributed by atoms with van der Waals surface area (Å²) in [5.41, 5.74) is -1.24. The average molecular weight is 444 g/mol. The molecule has 0 radical (unpaired) electrons. The maximum Gasteiger partial charge on any atom is 0.274 e. The molecule has 9 heteroatoms. The van der Waals surface area contributed by atoms with Crippen molar-refractivity contribution in [2.75, 3.05) is 5.32 Å². The molecule has 168 valence electrons. The van der Waals surface area contributed by atoms with E-state index in [4.69, 9.17) is 0 Å². The Morgan fingerprint density at radius 2 is 1.88 bits per heavy atom. The van der Waals surface area contributed by atoms with Crippen LogP contribution >= 0.6 is 0 Å². The number of halogens is 3. The molecular weight excluding hydrogens is 421 g/mol. The van der Waals surface area contributed by atoms with Crippen LogP contribution in [0.2, 0.25) is 0 Å². The van der Waals surface area contributed by atoms with E-state index in [9.17, 15) is 22.8 Å². The normalized spacial score (nSPS) is 21.2. The quantitative estimate of drug-likeness (QED) is 0.615. The van der Waals surface area contributed by atoms with Crippen LogP contribution in [0.5, 0.6) is 0 Å². The van der Waals surface area contributed by atoms with Crippen LogP contribution in [-0.4, -0.2) is 14.3 Å². The van der Waals surface area contributed by atoms with Gasteiger partial charge in [-0.25, -0.2) is 17.9 Å². The smallest absolute Gasteiger partial charge is 0.274 e. The summed E-state index contributed by atoms with van der Waals surface area (Å²) in [7, 11) is 1.46. The molecule has 0 spiro atoms. The Morgan fingerprint density at radius 1 is 1.16 bits per heavy atom. The number of anilines is 1. The van der Waals surface area contributed by atoms with Gasteiger partial charge in [-0.3, -0.25) is 9.59 Å². The molecule has 2 aliphatic carbocycles. The van der Waals surface area contributed by atoms with Crippen LogP contribution in [0.15, 0.2) is 40.1 Å². The second-order valence-electron chi connectivity index (χ2n) is 8.85. The number of rotatable bonds is 6. The van der Waals surface area contributed by atoms with Crippen LogP contribution in [-0.2, 0) is 7.05 Å². The van der Waals surface area contributed by atoms with Gasteiger partial charge in [0.15, 0.2) is 5.82 Å². The van der Waals surface area contributed by atoms with Gasteiger partial charge in [-0.15, -0.1) is 0 Å². The number of alkyl halides is 2. The number of aryl methyl sites for hydroxylation is 1. The zero-order valence-corrected chi connectivity index (χ0v) is 17.7. The highest BCUT2D eigenvalue weighted by molar-refractivity contribution is 5.90. The van der Waals surface area contributed by atoms with Crippen molar-refractivity contribution in [1.82, 2.24) is 14.3 Å². The number of nitrogens with zero attached hydrogens (tertiary/aromatic N) is 3. The van der Waals surface area contributed by atoms with E-state index in [1.54, 1.807) is 17.7 Å². The van der Waals surface area contributed by atoms with Gasteiger partial charge in [0.05, 0.1) is 17.0 Å². The van der Waals surface area contributed by atoms with Crippen molar-refractivity contribution in [2.45, 2.75) is 44.7 Å². The van der Waals surface area contributed by atoms with Gasteiger partial charge < -0.3 is 9.88 Å². The summed E-state index contributed by atoms with van der Waals surface area (Å²) in [5.74, 6) is 0.478. The predicted molar refractivity (Wildman–Crippen MR) is 115 cm³/mol. The van der Waals surface area contributed by atoms with E-state index in [0.29, 0.717) is 17.2 Å². The van der Waals surface area contributed by atoms with Crippen LogP contribution in [0, 0.1) is 17.7 Å². The highest BCUT2D eigenvalue weighted by atomic mass is 19.3. The molecule has 3 atom stereocenters. The molecule has 2 fully saturated rings. The lowest BCUT2D eigenvalue weighted by atomic mass is 10.0. The molecule has 6 nitrogen and oxygen atoms in total. The molecule has 0 aliphatic heterocycles. The molecule has 2 aliphatic rings. The van der Waals surface area contributed by atoms with Crippen LogP contribution in [0.25, 0.3) is 10.8 Å². The number of nitrogens with one attached hydrogen (secondary N) is 1. The van der Waals surface area contributed by atoms with E-state index < -0.39 is 29.4 Å². The van der Waals surface area contributed by atoms with Gasteiger partial charge in [0.25, 0.3) is 17.5 Å². The Morgan fingerprint density at radius 3 is 2.56 bits per heavy atom. The number of fused-ring (bicyclic) bond motifs is 1. The van der Waals surface area contributed by atoms with Crippen molar-refractivity contribution in [3.8, 4) is 0 Å². The Kier molecular flexibility index (Phi) is 4.87. The van der Waals surface area contributed by atoms with Crippen molar-refractivity contribution in [2.24, 2.45) is 18.9 Å². The van der Waals surface area contributed by atoms with E-state index in [0.717, 1.165) is 17.2 Å². The number of hydrogen-bond donors (Lipinski definition) is 1. The molecule has 2 saturated carbocycles. The first-order valence-electron chi connectivity index (χ1n) is 10.7. The van der Waals surface area contributed by atoms with Crippen molar-refractivity contribution < 1.29 is 13.2 Å². The maximum absolute atomic E-state index is 14.6. The van der Waals surface area contributed by atoms with Gasteiger partial charge >= 0.3 is 0 Å². The molecule has 3 aromatic rings. The first-order chi connectivity index (χ1) is 15.3. The first-order valence-corrected chi connectivity index (χ1v) is 10.7. The predicted octanol–water partition coefficient (Wildman–Crippen LogP) is 4.32. The molecule has 2 heterocycles. The zero-order chi connectivity index (χ0) is 22.7. The van der Waals surface area contributed by atoms with Gasteiger partial charge in [0.1, 0.15) is 5.82 Å². The lowest BCUT2D eigenvalue weighted by molar-refractivity contribution is 0.146. The summed E-state index contributed by atoms with van der Waals surface area (Å²) >= 11 is 0. The average Bonchev–Trinajstić information content (AvgIpc) is 3.64. The number of pyridine rings is 1. The Hall–Kier alpha value is -3.10. The third-order valence-corrected chi connectivity index (χ3v) is 6.61. The molecule has 32 heavy (non-hydrogen) atoms. The standard InChI is InChI=1S/C23H23F3N4O2/c1-11(13-4-3-5-14(20(13)24)21(25)26)27-22-17-10-30(18-8-15(18)12-6-7-12)19(31)9-16(17)23(32)29(2)28-22/h3-5,9-12,15,18,21H,6-8H2,1-2H3,(H,27,28)/t11?,15-,18+/m1/s1. The third kappa shape index (κ3) is 3.49. The Labute approximate surface area is 181 Å². The molecule has 0 bridgehead atoms. The second-order valence-corrected chi connectivity index (χ2v) is 8.85. The monoisotopic (exact) mass is 444 g/mol. The minimum Gasteiger partial charge on any atom is -0.361 e. The highest BCUT2D eigenvalue weighted by Crippen LogP contribution is 2.56. The minimum absolute atomic E-state index is 0.0657. The second kappa shape index (κ2) is 7.50. The van der Waals surface area contributed by atoms with Crippen LogP contribution < -0.4 is 16.4 Å². The topological polar surface area (TPSA) is 68.9 Å². The Bertz CT molecular complexity index is 1330. The third-order valence-electron chi connectivity index (χ3n) is 6.61. The Balaban J connectivity index is 1.56. The van der Waals surface area contributed by atoms with Gasteiger partial charge in [0.2, 0.25) is 0 Å². The first kappa shape index (κ1) is 20.8. The molecule has 0 amide bonds. The van der Waals surface area contributed by atoms with Crippen molar-refractivity contribution >= 4 is 16.6 Å². The maximum atomic E-state index is 14.6. The van der Waals surface area contributed by atoms with Gasteiger partial charge in [0, 0.05) is 36.3 Å². The minimum atomic E-state index is -2.92. The molecule has 1 unspecified atom stereocenters. The van der Waals surface area contributed by atoms with Gasteiger partial charge in [-0.2, -0.15) is 5.10 Å². The molecule has 1 aromatic carbocycles. The van der Waals surface area contributed by atoms with E-state index in [2.05, 4.69) is 10.4 Å². The van der Waals surface area contributed by atoms with Crippen LogP contribution in [0.1, 0.15) is 55.8 Å². The summed E-state index contributed by atoms with van der Waals surface area (Å²) in [6.45, 7) is 1.63. The summed E-state index contributed by atoms with van der Waals surface area (Å²) in [5, 5.41) is 8.00. The number of hydrogen-bond acceptors (Lipinski definition) is 4. The molecule has 2 aromatic heterocycles. The van der Waals surface area contributed by atoms with Gasteiger partial charge in [-0.1, -0.05) is 18.2 Å². The molecule has 0 saturated heterocycles. The van der Waals surface area contributed by atoms with E-state index >= 15 is 0 Å². The SMILES string of the molecule is CC(Nc1nn(C)c(=O)c2cc(=O)n([C@H]3C[C@@H]3C3CC3)cc12)c1cccc(C(F)F)c1F. The van der Waals surface area contributed by atoms with Crippen molar-refractivity contribution in [1.29, 1.82) is 0 Å². The summed E-state index contributed by atoms with van der Waals surface area (Å²) < 4.78 is 43.7. The molecular formula is C23H23F3N4O2. The lowest BCUT2D eigenvalue weighted by Crippen LogP contribution is -2.26. The highest BCUT2D eigenvalue weighted by Gasteiger charge is 2.48. The largest absolute Gasteiger partial charge is 0.361 e. The summed E-state index contributed by atoms with van der Waals surface area (Å²) in [4.78, 5) is 25.3. The molecule has 5 rings (SSSR count). The zero-order valence-electron chi connectivity index (χ0n) is 17.7. The van der Waals surface area contributed by atoms with Crippen LogP contribution in [0.4, 0.5) is 19.0 Å². The number of aromatic nitrogens is 3. The summed E-state index contributed by atoms with van der Waals surface area (Å²) in [6.07, 6.45) is 2.06. The number of benzene rings is 1. The lowest BCUT2D eigenvalue weighted by Gasteiger charge is -2.19. The van der Waals surface area contributed by atoms with Crippen LogP contribution in [0.3, 0.4) is 0 Å². The fourth-order valence-electron chi connectivity index (χ4n) is 4.61. The van der Waals surface area contributed by atoms with E-state index in [-0.39, 0.29) is 28.4 Å². The van der Waals surface area contributed by atoms with Crippen molar-refractivity contribution in [3.05, 3.63) is 68.1 Å². The molecule has 1 N–H and O–H groups in total.